The second kappa shape index (κ2) is 9.37. The van der Waals surface area contributed by atoms with Gasteiger partial charge in [0.1, 0.15) is 0 Å². The van der Waals surface area contributed by atoms with Gasteiger partial charge >= 0.3 is 0 Å². The van der Waals surface area contributed by atoms with Crippen LogP contribution in [0, 0.1) is 0 Å². The van der Waals surface area contributed by atoms with Crippen molar-refractivity contribution in [1.82, 2.24) is 0 Å². The number of allylic oxidation sites excluding steroid dienone is 1. The second-order valence-electron chi connectivity index (χ2n) is 15.8. The molecule has 2 aliphatic heterocycles. The number of hydrogen-bond acceptors (Lipinski definition) is 1. The van der Waals surface area contributed by atoms with Gasteiger partial charge in [0.05, 0.1) is 33.3 Å². The minimum absolute atomic E-state index is 0.111. The first-order valence-corrected chi connectivity index (χ1v) is 18.0. The fourth-order valence-corrected chi connectivity index (χ4v) is 10.2. The van der Waals surface area contributed by atoms with E-state index in [2.05, 4.69) is 157 Å². The number of rotatable bonds is 3. The normalized spacial score (nSPS) is 16.5. The highest BCUT2D eigenvalue weighted by Crippen LogP contribution is 2.56. The molecule has 2 aromatic heterocycles. The molecule has 2 aliphatic carbocycles. The lowest BCUT2D eigenvalue weighted by atomic mass is 9.67. The average molecular weight is 646 g/mol. The summed E-state index contributed by atoms with van der Waals surface area (Å²) < 4.78 is 4.94. The maximum absolute atomic E-state index is 4.82. The van der Waals surface area contributed by atoms with Crippen molar-refractivity contribution in [3.05, 3.63) is 155 Å². The lowest BCUT2D eigenvalue weighted by Gasteiger charge is -2.40. The number of para-hydroxylation sites is 1. The first-order valence-electron chi connectivity index (χ1n) is 18.0. The molecule has 7 aromatic rings. The van der Waals surface area contributed by atoms with Crippen LogP contribution >= 0.6 is 0 Å². The van der Waals surface area contributed by atoms with Crippen LogP contribution in [-0.4, -0.2) is 0 Å². The molecule has 0 radical (unpaired) electrons. The molecule has 0 N–H and O–H groups in total. The summed E-state index contributed by atoms with van der Waals surface area (Å²) in [6.07, 6.45) is 5.55. The van der Waals surface area contributed by atoms with E-state index in [0.29, 0.717) is 0 Å². The van der Waals surface area contributed by atoms with Crippen LogP contribution in [-0.2, 0) is 30.3 Å². The maximum atomic E-state index is 4.82. The van der Waals surface area contributed by atoms with E-state index in [1.807, 2.05) is 0 Å². The summed E-state index contributed by atoms with van der Waals surface area (Å²) in [5.41, 5.74) is 18.4. The Morgan fingerprint density at radius 1 is 0.560 bits per heavy atom. The highest BCUT2D eigenvalue weighted by Gasteiger charge is 2.45. The third-order valence-corrected chi connectivity index (χ3v) is 12.6. The lowest BCUT2D eigenvalue weighted by molar-refractivity contribution is -0.686. The third kappa shape index (κ3) is 3.36. The number of aryl methyl sites for hydroxylation is 1. The monoisotopic (exact) mass is 645 g/mol. The average Bonchev–Trinajstić information content (AvgIpc) is 3.13. The van der Waals surface area contributed by atoms with Crippen molar-refractivity contribution < 1.29 is 9.13 Å². The Hall–Kier alpha value is -5.54. The molecule has 4 heterocycles. The Balaban J connectivity index is 1.24. The number of benzene rings is 5. The van der Waals surface area contributed by atoms with Crippen molar-refractivity contribution in [1.29, 1.82) is 0 Å². The molecule has 0 bridgehead atoms. The first-order chi connectivity index (χ1) is 24.2. The summed E-state index contributed by atoms with van der Waals surface area (Å²) in [7, 11) is 0. The van der Waals surface area contributed by atoms with Gasteiger partial charge in [0.15, 0.2) is 25.5 Å². The van der Waals surface area contributed by atoms with Crippen LogP contribution in [0.25, 0.3) is 49.6 Å². The van der Waals surface area contributed by atoms with Crippen molar-refractivity contribution >= 4 is 44.2 Å². The number of hydrogen-bond donors (Lipinski definition) is 0. The Morgan fingerprint density at radius 2 is 1.16 bits per heavy atom. The van der Waals surface area contributed by atoms with E-state index in [9.17, 15) is 0 Å². The van der Waals surface area contributed by atoms with E-state index in [1.54, 1.807) is 0 Å². The zero-order valence-corrected chi connectivity index (χ0v) is 29.1. The van der Waals surface area contributed by atoms with Crippen molar-refractivity contribution in [2.75, 3.05) is 4.90 Å². The molecular weight excluding hydrogens is 607 g/mol. The van der Waals surface area contributed by atoms with Crippen LogP contribution in [0.3, 0.4) is 0 Å². The zero-order valence-electron chi connectivity index (χ0n) is 29.1. The van der Waals surface area contributed by atoms with Gasteiger partial charge in [-0.1, -0.05) is 101 Å². The molecule has 0 unspecified atom stereocenters. The van der Waals surface area contributed by atoms with Gasteiger partial charge in [-0.2, -0.15) is 9.13 Å². The van der Waals surface area contributed by atoms with Crippen LogP contribution in [0.15, 0.2) is 122 Å². The fraction of sp³-hybridized carbons (Fsp3) is 0.191. The van der Waals surface area contributed by atoms with E-state index in [4.69, 9.17) is 6.58 Å². The van der Waals surface area contributed by atoms with Crippen LogP contribution in [0.5, 0.6) is 0 Å². The Bertz CT molecular complexity index is 2700. The predicted octanol–water partition coefficient (Wildman–Crippen LogP) is 10.2. The number of aromatic nitrogens is 2. The summed E-state index contributed by atoms with van der Waals surface area (Å²) in [6, 6.07) is 39.0. The molecule has 50 heavy (non-hydrogen) atoms. The van der Waals surface area contributed by atoms with Crippen LogP contribution in [0.2, 0.25) is 0 Å². The van der Waals surface area contributed by atoms with Gasteiger partial charge in [0, 0.05) is 46.2 Å². The molecular formula is C47H39N3+2. The van der Waals surface area contributed by atoms with Crippen LogP contribution in [0.4, 0.5) is 17.1 Å². The van der Waals surface area contributed by atoms with Gasteiger partial charge in [-0.15, -0.1) is 0 Å². The minimum atomic E-state index is -0.146. The molecule has 3 nitrogen and oxygen atoms in total. The minimum Gasteiger partial charge on any atom is -0.310 e. The van der Waals surface area contributed by atoms with Gasteiger partial charge in [-0.25, -0.2) is 0 Å². The highest BCUT2D eigenvalue weighted by molar-refractivity contribution is 6.07. The smallest absolute Gasteiger partial charge is 0.222 e. The largest absolute Gasteiger partial charge is 0.310 e. The maximum Gasteiger partial charge on any atom is 0.222 e. The number of anilines is 3. The van der Waals surface area contributed by atoms with Crippen molar-refractivity contribution in [3.63, 3.8) is 0 Å². The summed E-state index contributed by atoms with van der Waals surface area (Å²) in [6.45, 7) is 16.2. The Labute approximate surface area is 293 Å². The summed E-state index contributed by atoms with van der Waals surface area (Å²) in [4.78, 5) is 2.56. The van der Waals surface area contributed by atoms with Gasteiger partial charge in [0.2, 0.25) is 11.4 Å². The standard InChI is InChI=1S/C47H39N3/c1-28-27-49-25-22-30-12-10-16-34-41(30)45(49)43-36(47(34,4)5)18-20-38(39(28)43)50(31-13-7-6-8-14-31)37-19-17-35-42-32(37)23-26-48-24-21-29-11-9-15-33(46(35,2)3)40(29)44(42)48/h6-22,24-25H,1,23,26-27H2,2-5H3/q+2. The number of pyridine rings is 2. The number of nitrogens with zero attached hydrogens (tertiary/aromatic N) is 3. The van der Waals surface area contributed by atoms with Gasteiger partial charge in [-0.05, 0) is 62.9 Å². The zero-order chi connectivity index (χ0) is 33.7. The van der Waals surface area contributed by atoms with E-state index < -0.39 is 0 Å². The molecule has 0 spiro atoms. The van der Waals surface area contributed by atoms with E-state index >= 15 is 0 Å². The van der Waals surface area contributed by atoms with Gasteiger partial charge in [-0.3, -0.25) is 0 Å². The summed E-state index contributed by atoms with van der Waals surface area (Å²) >= 11 is 0. The van der Waals surface area contributed by atoms with E-state index in [0.717, 1.165) is 25.1 Å². The molecule has 5 aromatic carbocycles. The fourth-order valence-electron chi connectivity index (χ4n) is 10.2. The molecule has 0 saturated carbocycles. The van der Waals surface area contributed by atoms with Crippen LogP contribution < -0.4 is 14.0 Å². The molecule has 0 saturated heterocycles. The Kier molecular flexibility index (Phi) is 5.30. The SMILES string of the molecule is C=C1C[n+]2ccc3cccc4c3c2-c2c(ccc(N(c3ccccc3)c3ccc5c6c3CC[n+]3ccc7cccc(c7c3-6)C5(C)C)c21)C4(C)C. The molecule has 0 amide bonds. The summed E-state index contributed by atoms with van der Waals surface area (Å²) in [5, 5.41) is 5.42. The van der Waals surface area contributed by atoms with Crippen molar-refractivity contribution in [3.8, 4) is 22.5 Å². The molecule has 11 rings (SSSR count). The Morgan fingerprint density at radius 3 is 1.84 bits per heavy atom. The molecule has 4 aliphatic rings. The van der Waals surface area contributed by atoms with E-state index in [1.165, 1.54) is 94.5 Å². The summed E-state index contributed by atoms with van der Waals surface area (Å²) in [5.74, 6) is 0. The molecule has 0 fully saturated rings. The lowest BCUT2D eigenvalue weighted by Crippen LogP contribution is -2.43. The third-order valence-electron chi connectivity index (χ3n) is 12.6. The molecule has 240 valence electrons. The predicted molar refractivity (Wildman–Crippen MR) is 204 cm³/mol. The second-order valence-corrected chi connectivity index (χ2v) is 15.8. The van der Waals surface area contributed by atoms with E-state index in [-0.39, 0.29) is 10.8 Å². The van der Waals surface area contributed by atoms with Crippen molar-refractivity contribution in [2.24, 2.45) is 0 Å². The molecule has 0 atom stereocenters. The molecule has 3 heteroatoms. The van der Waals surface area contributed by atoms with Crippen LogP contribution in [0.1, 0.15) is 61.1 Å². The highest BCUT2D eigenvalue weighted by atomic mass is 15.2. The van der Waals surface area contributed by atoms with Gasteiger partial charge < -0.3 is 4.90 Å². The quantitative estimate of drug-likeness (QED) is 0.174. The topological polar surface area (TPSA) is 11.0 Å². The van der Waals surface area contributed by atoms with Gasteiger partial charge in [0.25, 0.3) is 0 Å². The first kappa shape index (κ1) is 28.3. The van der Waals surface area contributed by atoms with Crippen molar-refractivity contribution in [2.45, 2.75) is 58.0 Å².